The number of amides is 1. The second-order valence-electron chi connectivity index (χ2n) is 4.68. The molecule has 1 aromatic rings. The lowest BCUT2D eigenvalue weighted by atomic mass is 10.1. The van der Waals surface area contributed by atoms with E-state index < -0.39 is 11.8 Å². The highest BCUT2D eigenvalue weighted by Gasteiger charge is 2.28. The molecule has 1 amide bonds. The number of aliphatic carboxylic acids is 1. The third-order valence-electron chi connectivity index (χ3n) is 3.35. The summed E-state index contributed by atoms with van der Waals surface area (Å²) in [5.74, 6) is -2.26. The normalized spacial score (nSPS) is 18.6. The third kappa shape index (κ3) is 2.96. The molecule has 2 rings (SSSR count). The lowest BCUT2D eigenvalue weighted by Crippen LogP contribution is -2.27. The van der Waals surface area contributed by atoms with E-state index in [-0.39, 0.29) is 17.4 Å². The van der Waals surface area contributed by atoms with Gasteiger partial charge in [-0.1, -0.05) is 6.07 Å². The highest BCUT2D eigenvalue weighted by molar-refractivity contribution is 5.87. The van der Waals surface area contributed by atoms with Crippen LogP contribution in [0.1, 0.15) is 12.0 Å². The number of carboxylic acid groups (broad SMARTS) is 1. The van der Waals surface area contributed by atoms with E-state index in [4.69, 9.17) is 10.8 Å². The van der Waals surface area contributed by atoms with Crippen LogP contribution in [0.25, 0.3) is 6.08 Å². The number of primary amides is 1. The van der Waals surface area contributed by atoms with Crippen LogP contribution in [0.2, 0.25) is 0 Å². The first kappa shape index (κ1) is 14.0. The monoisotopic (exact) mass is 278 g/mol. The molecule has 0 aromatic heterocycles. The van der Waals surface area contributed by atoms with Crippen LogP contribution >= 0.6 is 0 Å². The van der Waals surface area contributed by atoms with Crippen LogP contribution in [0.3, 0.4) is 0 Å². The van der Waals surface area contributed by atoms with Gasteiger partial charge in [0.05, 0.1) is 5.92 Å². The fourth-order valence-corrected chi connectivity index (χ4v) is 2.33. The molecule has 1 aliphatic rings. The van der Waals surface area contributed by atoms with Crippen LogP contribution in [0.5, 0.6) is 0 Å². The van der Waals surface area contributed by atoms with Gasteiger partial charge in [-0.15, -0.1) is 0 Å². The zero-order chi connectivity index (χ0) is 14.7. The molecule has 1 heterocycles. The predicted octanol–water partition coefficient (Wildman–Crippen LogP) is 1.24. The second kappa shape index (κ2) is 5.73. The van der Waals surface area contributed by atoms with Crippen LogP contribution in [0.15, 0.2) is 24.3 Å². The van der Waals surface area contributed by atoms with Gasteiger partial charge >= 0.3 is 5.97 Å². The largest absolute Gasteiger partial charge is 0.478 e. The van der Waals surface area contributed by atoms with Gasteiger partial charge < -0.3 is 15.7 Å². The Morgan fingerprint density at radius 3 is 2.80 bits per heavy atom. The van der Waals surface area contributed by atoms with Crippen LogP contribution < -0.4 is 10.6 Å². The van der Waals surface area contributed by atoms with E-state index in [2.05, 4.69) is 0 Å². The lowest BCUT2D eigenvalue weighted by molar-refractivity contribution is -0.131. The van der Waals surface area contributed by atoms with Gasteiger partial charge in [-0.25, -0.2) is 9.18 Å². The molecular formula is C14H15FN2O3. The average Bonchev–Trinajstić information content (AvgIpc) is 2.86. The minimum absolute atomic E-state index is 0.208. The Morgan fingerprint density at radius 2 is 2.20 bits per heavy atom. The van der Waals surface area contributed by atoms with E-state index in [0.29, 0.717) is 25.2 Å². The number of benzene rings is 1. The molecule has 1 aromatic carbocycles. The maximum absolute atomic E-state index is 13.8. The fourth-order valence-electron chi connectivity index (χ4n) is 2.33. The predicted molar refractivity (Wildman–Crippen MR) is 72.6 cm³/mol. The molecule has 3 N–H and O–H groups in total. The molecule has 0 spiro atoms. The molecule has 1 saturated heterocycles. The Balaban J connectivity index is 2.30. The number of carboxylic acids is 1. The number of nitrogens with two attached hydrogens (primary N) is 1. The summed E-state index contributed by atoms with van der Waals surface area (Å²) in [4.78, 5) is 23.6. The van der Waals surface area contributed by atoms with Gasteiger partial charge in [0.25, 0.3) is 0 Å². The van der Waals surface area contributed by atoms with Crippen molar-refractivity contribution in [3.05, 3.63) is 35.7 Å². The van der Waals surface area contributed by atoms with Crippen molar-refractivity contribution in [1.29, 1.82) is 0 Å². The number of carbonyl (C=O) groups is 2. The summed E-state index contributed by atoms with van der Waals surface area (Å²) < 4.78 is 13.8. The van der Waals surface area contributed by atoms with Gasteiger partial charge in [0, 0.05) is 30.4 Å². The van der Waals surface area contributed by atoms with Crippen molar-refractivity contribution in [1.82, 2.24) is 0 Å². The maximum atomic E-state index is 13.8. The molecule has 0 saturated carbocycles. The SMILES string of the molecule is NC(=O)C1CCN(c2cccc(F)c2/C=C/C(=O)O)C1. The highest BCUT2D eigenvalue weighted by atomic mass is 19.1. The van der Waals surface area contributed by atoms with Crippen LogP contribution in [-0.2, 0) is 9.59 Å². The van der Waals surface area contributed by atoms with E-state index >= 15 is 0 Å². The van der Waals surface area contributed by atoms with Crippen molar-refractivity contribution in [3.63, 3.8) is 0 Å². The first-order valence-electron chi connectivity index (χ1n) is 6.23. The van der Waals surface area contributed by atoms with Crippen LogP contribution in [-0.4, -0.2) is 30.1 Å². The van der Waals surface area contributed by atoms with Crippen LogP contribution in [0, 0.1) is 11.7 Å². The molecule has 0 aliphatic carbocycles. The fraction of sp³-hybridized carbons (Fsp3) is 0.286. The first-order chi connectivity index (χ1) is 9.49. The maximum Gasteiger partial charge on any atom is 0.328 e. The zero-order valence-electron chi connectivity index (χ0n) is 10.8. The van der Waals surface area contributed by atoms with Crippen molar-refractivity contribution in [2.45, 2.75) is 6.42 Å². The van der Waals surface area contributed by atoms with Crippen molar-refractivity contribution < 1.29 is 19.1 Å². The summed E-state index contributed by atoms with van der Waals surface area (Å²) in [5, 5.41) is 8.65. The molecule has 20 heavy (non-hydrogen) atoms. The van der Waals surface area contributed by atoms with Gasteiger partial charge in [0.15, 0.2) is 0 Å². The molecule has 6 heteroatoms. The molecule has 5 nitrogen and oxygen atoms in total. The number of hydrogen-bond donors (Lipinski definition) is 2. The number of carbonyl (C=O) groups excluding carboxylic acids is 1. The lowest BCUT2D eigenvalue weighted by Gasteiger charge is -2.21. The Morgan fingerprint density at radius 1 is 1.45 bits per heavy atom. The van der Waals surface area contributed by atoms with Gasteiger partial charge in [-0.2, -0.15) is 0 Å². The second-order valence-corrected chi connectivity index (χ2v) is 4.68. The van der Waals surface area contributed by atoms with E-state index in [0.717, 1.165) is 6.08 Å². The number of anilines is 1. The van der Waals surface area contributed by atoms with Gasteiger partial charge in [0.2, 0.25) is 5.91 Å². The quantitative estimate of drug-likeness (QED) is 0.811. The summed E-state index contributed by atoms with van der Waals surface area (Å²) in [6.45, 7) is 1.01. The third-order valence-corrected chi connectivity index (χ3v) is 3.35. The van der Waals surface area contributed by atoms with Crippen LogP contribution in [0.4, 0.5) is 10.1 Å². The van der Waals surface area contributed by atoms with Crippen molar-refractivity contribution >= 4 is 23.6 Å². The Hall–Kier alpha value is -2.37. The Bertz CT molecular complexity index is 572. The molecule has 1 atom stereocenters. The number of halogens is 1. The van der Waals surface area contributed by atoms with Crippen molar-refractivity contribution in [2.24, 2.45) is 11.7 Å². The molecule has 0 bridgehead atoms. The minimum Gasteiger partial charge on any atom is -0.478 e. The minimum atomic E-state index is -1.14. The topological polar surface area (TPSA) is 83.6 Å². The number of nitrogens with zero attached hydrogens (tertiary/aromatic N) is 1. The molecular weight excluding hydrogens is 263 g/mol. The number of rotatable bonds is 4. The summed E-state index contributed by atoms with van der Waals surface area (Å²) in [7, 11) is 0. The van der Waals surface area contributed by atoms with E-state index in [1.54, 1.807) is 12.1 Å². The standard InChI is InChI=1S/C14H15FN2O3/c15-11-2-1-3-12(10(11)4-5-13(18)19)17-7-6-9(8-17)14(16)20/h1-5,9H,6-8H2,(H2,16,20)(H,18,19)/b5-4+. The smallest absolute Gasteiger partial charge is 0.328 e. The van der Waals surface area contributed by atoms with Crippen molar-refractivity contribution in [3.8, 4) is 0 Å². The summed E-state index contributed by atoms with van der Waals surface area (Å²) in [6.07, 6.45) is 2.74. The molecule has 1 unspecified atom stereocenters. The van der Waals surface area contributed by atoms with Gasteiger partial charge in [-0.3, -0.25) is 4.79 Å². The summed E-state index contributed by atoms with van der Waals surface area (Å²) in [5.41, 5.74) is 6.06. The molecule has 106 valence electrons. The van der Waals surface area contributed by atoms with Crippen molar-refractivity contribution in [2.75, 3.05) is 18.0 Å². The Kier molecular flexibility index (Phi) is 4.02. The first-order valence-corrected chi connectivity index (χ1v) is 6.23. The van der Waals surface area contributed by atoms with E-state index in [9.17, 15) is 14.0 Å². The zero-order valence-corrected chi connectivity index (χ0v) is 10.8. The van der Waals surface area contributed by atoms with E-state index in [1.165, 1.54) is 12.1 Å². The summed E-state index contributed by atoms with van der Waals surface area (Å²) in [6, 6.07) is 4.53. The summed E-state index contributed by atoms with van der Waals surface area (Å²) >= 11 is 0. The molecule has 0 radical (unpaired) electrons. The van der Waals surface area contributed by atoms with E-state index in [1.807, 2.05) is 4.90 Å². The van der Waals surface area contributed by atoms with Gasteiger partial charge in [-0.05, 0) is 24.6 Å². The molecule has 1 fully saturated rings. The average molecular weight is 278 g/mol. The highest BCUT2D eigenvalue weighted by Crippen LogP contribution is 2.29. The van der Waals surface area contributed by atoms with Gasteiger partial charge in [0.1, 0.15) is 5.82 Å². The Labute approximate surface area is 115 Å². The molecule has 1 aliphatic heterocycles. The number of hydrogen-bond acceptors (Lipinski definition) is 3.